The van der Waals surface area contributed by atoms with Gasteiger partial charge >= 0.3 is 0 Å². The Morgan fingerprint density at radius 3 is 2.73 bits per heavy atom. The van der Waals surface area contributed by atoms with Crippen molar-refractivity contribution < 1.29 is 9.53 Å². The van der Waals surface area contributed by atoms with Crippen molar-refractivity contribution in [1.29, 1.82) is 0 Å². The minimum atomic E-state index is 0.0905. The quantitative estimate of drug-likeness (QED) is 0.734. The highest BCUT2D eigenvalue weighted by atomic mass is 16.5. The molecule has 0 aliphatic rings. The van der Waals surface area contributed by atoms with Gasteiger partial charge in [-0.2, -0.15) is 0 Å². The van der Waals surface area contributed by atoms with Crippen LogP contribution in [0.25, 0.3) is 0 Å². The normalized spacial score (nSPS) is 10.2. The van der Waals surface area contributed by atoms with Crippen LogP contribution in [0.2, 0.25) is 0 Å². The zero-order chi connectivity index (χ0) is 10.9. The summed E-state index contributed by atoms with van der Waals surface area (Å²) < 4.78 is 5.01. The van der Waals surface area contributed by atoms with Gasteiger partial charge < -0.3 is 10.1 Å². The standard InChI is InChI=1S/C12H17NO2/c1-2-15-10-12(14)9-13-8-11-6-4-3-5-7-11/h3-7,13H,2,8-10H2,1H3. The molecular weight excluding hydrogens is 190 g/mol. The maximum absolute atomic E-state index is 11.2. The molecule has 0 aromatic heterocycles. The lowest BCUT2D eigenvalue weighted by atomic mass is 10.2. The lowest BCUT2D eigenvalue weighted by Crippen LogP contribution is -2.25. The second kappa shape index (κ2) is 7.15. The molecule has 0 saturated carbocycles. The molecule has 0 fully saturated rings. The van der Waals surface area contributed by atoms with Gasteiger partial charge in [-0.3, -0.25) is 4.79 Å². The van der Waals surface area contributed by atoms with Crippen molar-refractivity contribution in [2.45, 2.75) is 13.5 Å². The van der Waals surface area contributed by atoms with Crippen LogP contribution < -0.4 is 5.32 Å². The van der Waals surface area contributed by atoms with Crippen LogP contribution >= 0.6 is 0 Å². The highest BCUT2D eigenvalue weighted by Gasteiger charge is 2.00. The molecule has 0 atom stereocenters. The van der Waals surface area contributed by atoms with E-state index in [0.29, 0.717) is 13.2 Å². The van der Waals surface area contributed by atoms with E-state index in [1.165, 1.54) is 5.56 Å². The molecule has 0 bridgehead atoms. The number of nitrogens with one attached hydrogen (secondary N) is 1. The number of rotatable bonds is 7. The van der Waals surface area contributed by atoms with Crippen LogP contribution in [0.5, 0.6) is 0 Å². The molecule has 0 aliphatic heterocycles. The zero-order valence-electron chi connectivity index (χ0n) is 9.03. The van der Waals surface area contributed by atoms with Gasteiger partial charge in [-0.25, -0.2) is 0 Å². The molecule has 1 N–H and O–H groups in total. The number of hydrogen-bond donors (Lipinski definition) is 1. The van der Waals surface area contributed by atoms with Gasteiger partial charge in [-0.1, -0.05) is 30.3 Å². The van der Waals surface area contributed by atoms with Crippen LogP contribution in [0, 0.1) is 0 Å². The van der Waals surface area contributed by atoms with E-state index in [9.17, 15) is 4.79 Å². The van der Waals surface area contributed by atoms with E-state index in [1.807, 2.05) is 37.3 Å². The van der Waals surface area contributed by atoms with Gasteiger partial charge in [-0.15, -0.1) is 0 Å². The third kappa shape index (κ3) is 5.30. The van der Waals surface area contributed by atoms with Crippen molar-refractivity contribution >= 4 is 5.78 Å². The van der Waals surface area contributed by atoms with Crippen molar-refractivity contribution in [1.82, 2.24) is 5.32 Å². The minimum Gasteiger partial charge on any atom is -0.374 e. The second-order valence-corrected chi connectivity index (χ2v) is 3.26. The Hall–Kier alpha value is -1.19. The highest BCUT2D eigenvalue weighted by molar-refractivity contribution is 5.81. The summed E-state index contributed by atoms with van der Waals surface area (Å²) in [5, 5.41) is 3.08. The predicted molar refractivity (Wildman–Crippen MR) is 59.6 cm³/mol. The summed E-state index contributed by atoms with van der Waals surface area (Å²) in [6, 6.07) is 10.0. The molecular formula is C12H17NO2. The summed E-state index contributed by atoms with van der Waals surface area (Å²) in [6.07, 6.45) is 0. The Morgan fingerprint density at radius 1 is 1.33 bits per heavy atom. The number of ether oxygens (including phenoxy) is 1. The monoisotopic (exact) mass is 207 g/mol. The Kier molecular flexibility index (Phi) is 5.66. The highest BCUT2D eigenvalue weighted by Crippen LogP contribution is 1.96. The summed E-state index contributed by atoms with van der Waals surface area (Å²) >= 11 is 0. The topological polar surface area (TPSA) is 38.3 Å². The Bertz CT molecular complexity index is 285. The first-order chi connectivity index (χ1) is 7.33. The van der Waals surface area contributed by atoms with Gasteiger partial charge in [0.15, 0.2) is 5.78 Å². The van der Waals surface area contributed by atoms with E-state index in [2.05, 4.69) is 5.32 Å². The first-order valence-corrected chi connectivity index (χ1v) is 5.17. The van der Waals surface area contributed by atoms with Crippen molar-refractivity contribution in [3.8, 4) is 0 Å². The van der Waals surface area contributed by atoms with E-state index in [-0.39, 0.29) is 12.4 Å². The van der Waals surface area contributed by atoms with Gasteiger partial charge in [0.1, 0.15) is 6.61 Å². The lowest BCUT2D eigenvalue weighted by Gasteiger charge is -2.04. The summed E-state index contributed by atoms with van der Waals surface area (Å²) in [7, 11) is 0. The Morgan fingerprint density at radius 2 is 2.07 bits per heavy atom. The summed E-state index contributed by atoms with van der Waals surface area (Å²) in [5.74, 6) is 0.0905. The largest absolute Gasteiger partial charge is 0.374 e. The van der Waals surface area contributed by atoms with Crippen LogP contribution in [0.4, 0.5) is 0 Å². The average molecular weight is 207 g/mol. The van der Waals surface area contributed by atoms with Crippen LogP contribution in [0.1, 0.15) is 12.5 Å². The lowest BCUT2D eigenvalue weighted by molar-refractivity contribution is -0.122. The van der Waals surface area contributed by atoms with Crippen molar-refractivity contribution in [3.05, 3.63) is 35.9 Å². The number of Topliss-reactive ketones (excluding diaryl/α,β-unsaturated/α-hetero) is 1. The maximum atomic E-state index is 11.2. The zero-order valence-corrected chi connectivity index (χ0v) is 9.03. The van der Waals surface area contributed by atoms with E-state index < -0.39 is 0 Å². The van der Waals surface area contributed by atoms with E-state index >= 15 is 0 Å². The Labute approximate surface area is 90.4 Å². The number of ketones is 1. The molecule has 82 valence electrons. The van der Waals surface area contributed by atoms with Crippen LogP contribution in [-0.4, -0.2) is 25.5 Å². The van der Waals surface area contributed by atoms with Crippen LogP contribution in [0.3, 0.4) is 0 Å². The molecule has 0 saturated heterocycles. The average Bonchev–Trinajstić information content (AvgIpc) is 2.28. The third-order valence-corrected chi connectivity index (χ3v) is 1.96. The smallest absolute Gasteiger partial charge is 0.172 e. The summed E-state index contributed by atoms with van der Waals surface area (Å²) in [4.78, 5) is 11.2. The number of hydrogen-bond acceptors (Lipinski definition) is 3. The molecule has 0 amide bonds. The molecule has 0 aliphatic carbocycles. The molecule has 1 aromatic rings. The van der Waals surface area contributed by atoms with Gasteiger partial charge in [0.2, 0.25) is 0 Å². The van der Waals surface area contributed by atoms with Crippen molar-refractivity contribution in [2.24, 2.45) is 0 Å². The molecule has 1 rings (SSSR count). The third-order valence-electron chi connectivity index (χ3n) is 1.96. The van der Waals surface area contributed by atoms with E-state index in [1.54, 1.807) is 0 Å². The number of carbonyl (C=O) groups is 1. The fourth-order valence-electron chi connectivity index (χ4n) is 1.21. The van der Waals surface area contributed by atoms with Gasteiger partial charge in [0.25, 0.3) is 0 Å². The number of benzene rings is 1. The summed E-state index contributed by atoms with van der Waals surface area (Å²) in [5.41, 5.74) is 1.18. The maximum Gasteiger partial charge on any atom is 0.172 e. The summed E-state index contributed by atoms with van der Waals surface area (Å²) in [6.45, 7) is 3.76. The van der Waals surface area contributed by atoms with E-state index in [4.69, 9.17) is 4.74 Å². The van der Waals surface area contributed by atoms with Crippen LogP contribution in [-0.2, 0) is 16.1 Å². The first kappa shape index (κ1) is 11.9. The second-order valence-electron chi connectivity index (χ2n) is 3.26. The van der Waals surface area contributed by atoms with Crippen molar-refractivity contribution in [3.63, 3.8) is 0 Å². The molecule has 0 radical (unpaired) electrons. The predicted octanol–water partition coefficient (Wildman–Crippen LogP) is 1.38. The fourth-order valence-corrected chi connectivity index (χ4v) is 1.21. The van der Waals surface area contributed by atoms with Gasteiger partial charge in [-0.05, 0) is 12.5 Å². The SMILES string of the molecule is CCOCC(=O)CNCc1ccccc1. The Balaban J connectivity index is 2.14. The van der Waals surface area contributed by atoms with Gasteiger partial charge in [0, 0.05) is 13.2 Å². The molecule has 1 aromatic carbocycles. The van der Waals surface area contributed by atoms with Gasteiger partial charge in [0.05, 0.1) is 6.54 Å². The van der Waals surface area contributed by atoms with Crippen LogP contribution in [0.15, 0.2) is 30.3 Å². The van der Waals surface area contributed by atoms with Crippen molar-refractivity contribution in [2.75, 3.05) is 19.8 Å². The molecule has 0 heterocycles. The molecule has 3 heteroatoms. The molecule has 0 unspecified atom stereocenters. The van der Waals surface area contributed by atoms with E-state index in [0.717, 1.165) is 6.54 Å². The minimum absolute atomic E-state index is 0.0905. The number of carbonyl (C=O) groups excluding carboxylic acids is 1. The molecule has 0 spiro atoms. The first-order valence-electron chi connectivity index (χ1n) is 5.17. The fraction of sp³-hybridized carbons (Fsp3) is 0.417. The molecule has 3 nitrogen and oxygen atoms in total. The molecule has 15 heavy (non-hydrogen) atoms.